The molecule has 150 valence electrons. The number of hydrogen-bond donors (Lipinski definition) is 2. The lowest BCUT2D eigenvalue weighted by Gasteiger charge is -2.14. The molecule has 0 atom stereocenters. The molecule has 0 saturated heterocycles. The van der Waals surface area contributed by atoms with Gasteiger partial charge in [-0.25, -0.2) is 9.97 Å². The minimum Gasteiger partial charge on any atom is -0.472 e. The van der Waals surface area contributed by atoms with Crippen LogP contribution in [0, 0.1) is 0 Å². The van der Waals surface area contributed by atoms with Crippen LogP contribution >= 0.6 is 0 Å². The summed E-state index contributed by atoms with van der Waals surface area (Å²) in [6.07, 6.45) is -9.60. The zero-order valence-corrected chi connectivity index (χ0v) is 14.4. The second kappa shape index (κ2) is 6.84. The van der Waals surface area contributed by atoms with Crippen molar-refractivity contribution < 1.29 is 31.1 Å². The largest absolute Gasteiger partial charge is 0.472 e. The molecule has 28 heavy (non-hydrogen) atoms. The van der Waals surface area contributed by atoms with E-state index in [1.165, 1.54) is 0 Å². The van der Waals surface area contributed by atoms with Gasteiger partial charge in [0.2, 0.25) is 11.5 Å². The maximum Gasteiger partial charge on any atom is 0.449 e. The van der Waals surface area contributed by atoms with E-state index >= 15 is 0 Å². The Labute approximate surface area is 154 Å². The number of hydrogen-bond acceptors (Lipinski definition) is 5. The van der Waals surface area contributed by atoms with Gasteiger partial charge in [0.05, 0.1) is 11.7 Å². The zero-order valence-electron chi connectivity index (χ0n) is 14.4. The number of ether oxygens (including phenoxy) is 1. The molecule has 0 amide bonds. The van der Waals surface area contributed by atoms with Crippen molar-refractivity contribution in [3.63, 3.8) is 0 Å². The number of nitrogens with zero attached hydrogens (tertiary/aromatic N) is 3. The first-order valence-electron chi connectivity index (χ1n) is 7.89. The van der Waals surface area contributed by atoms with Gasteiger partial charge in [-0.05, 0) is 38.1 Å². The van der Waals surface area contributed by atoms with Crippen LogP contribution < -0.4 is 10.1 Å². The van der Waals surface area contributed by atoms with Gasteiger partial charge >= 0.3 is 12.4 Å². The van der Waals surface area contributed by atoms with Gasteiger partial charge in [0.15, 0.2) is 11.5 Å². The Morgan fingerprint density at radius 2 is 1.57 bits per heavy atom. The second-order valence-electron chi connectivity index (χ2n) is 6.00. The Morgan fingerprint density at radius 3 is 2.11 bits per heavy atom. The summed E-state index contributed by atoms with van der Waals surface area (Å²) in [5.74, 6) is -1.48. The fourth-order valence-corrected chi connectivity index (χ4v) is 2.22. The number of H-pyrrole nitrogens is 1. The monoisotopic (exact) mass is 405 g/mol. The number of anilines is 2. The highest BCUT2D eigenvalue weighted by Crippen LogP contribution is 2.33. The highest BCUT2D eigenvalue weighted by molar-refractivity contribution is 5.73. The minimum absolute atomic E-state index is 0.0710. The van der Waals surface area contributed by atoms with Crippen molar-refractivity contribution in [2.45, 2.75) is 32.3 Å². The molecule has 0 unspecified atom stereocenters. The molecule has 0 spiro atoms. The van der Waals surface area contributed by atoms with E-state index in [-0.39, 0.29) is 34.8 Å². The Balaban J connectivity index is 2.00. The van der Waals surface area contributed by atoms with Gasteiger partial charge in [0.25, 0.3) is 5.88 Å². The predicted octanol–water partition coefficient (Wildman–Crippen LogP) is 4.92. The number of alkyl halides is 6. The number of benzene rings is 1. The molecule has 3 aromatic rings. The standard InChI is InChI=1S/C16H13F6N5O/c1-7(2)28-13-12(23-9-5-3-8(4-6-9)15(17,18)19)24-10-11(25-13)27-14(26-10)16(20,21)22/h3-7H,1-2H3,(H2,23,24,25,26,27). The predicted molar refractivity (Wildman–Crippen MR) is 87.2 cm³/mol. The van der Waals surface area contributed by atoms with Gasteiger partial charge in [-0.3, -0.25) is 0 Å². The van der Waals surface area contributed by atoms with Crippen molar-refractivity contribution in [3.05, 3.63) is 35.7 Å². The summed E-state index contributed by atoms with van der Waals surface area (Å²) < 4.78 is 81.9. The van der Waals surface area contributed by atoms with E-state index < -0.39 is 23.7 Å². The average Bonchev–Trinajstić information content (AvgIpc) is 2.97. The summed E-state index contributed by atoms with van der Waals surface area (Å²) >= 11 is 0. The number of imidazole rings is 1. The van der Waals surface area contributed by atoms with E-state index in [2.05, 4.69) is 20.3 Å². The molecule has 0 aliphatic carbocycles. The van der Waals surface area contributed by atoms with Crippen molar-refractivity contribution in [1.82, 2.24) is 19.9 Å². The lowest BCUT2D eigenvalue weighted by molar-refractivity contribution is -0.144. The quantitative estimate of drug-likeness (QED) is 0.603. The van der Waals surface area contributed by atoms with E-state index in [9.17, 15) is 26.3 Å². The van der Waals surface area contributed by atoms with Crippen LogP contribution in [0.3, 0.4) is 0 Å². The van der Waals surface area contributed by atoms with Crippen LogP contribution in [0.2, 0.25) is 0 Å². The highest BCUT2D eigenvalue weighted by atomic mass is 19.4. The molecular weight excluding hydrogens is 392 g/mol. The van der Waals surface area contributed by atoms with Gasteiger partial charge in [0.1, 0.15) is 0 Å². The van der Waals surface area contributed by atoms with E-state index in [4.69, 9.17) is 4.74 Å². The molecule has 2 heterocycles. The van der Waals surface area contributed by atoms with Gasteiger partial charge in [-0.1, -0.05) is 0 Å². The van der Waals surface area contributed by atoms with Crippen LogP contribution in [-0.2, 0) is 12.4 Å². The third kappa shape index (κ3) is 4.26. The number of nitrogens with one attached hydrogen (secondary N) is 2. The normalized spacial score (nSPS) is 12.6. The van der Waals surface area contributed by atoms with Crippen LogP contribution in [0.1, 0.15) is 25.2 Å². The number of fused-ring (bicyclic) bond motifs is 1. The third-order valence-corrected chi connectivity index (χ3v) is 3.39. The zero-order chi connectivity index (χ0) is 20.7. The summed E-state index contributed by atoms with van der Waals surface area (Å²) in [5.41, 5.74) is -1.19. The van der Waals surface area contributed by atoms with Gasteiger partial charge in [0, 0.05) is 5.69 Å². The van der Waals surface area contributed by atoms with Crippen LogP contribution in [0.4, 0.5) is 37.8 Å². The van der Waals surface area contributed by atoms with Crippen LogP contribution in [-0.4, -0.2) is 26.0 Å². The summed E-state index contributed by atoms with van der Waals surface area (Å²) in [6, 6.07) is 4.02. The molecule has 6 nitrogen and oxygen atoms in total. The lowest BCUT2D eigenvalue weighted by atomic mass is 10.2. The second-order valence-corrected chi connectivity index (χ2v) is 6.00. The van der Waals surface area contributed by atoms with Gasteiger partial charge in [-0.15, -0.1) is 0 Å². The van der Waals surface area contributed by atoms with Crippen molar-refractivity contribution in [2.75, 3.05) is 5.32 Å². The summed E-state index contributed by atoms with van der Waals surface area (Å²) in [6.45, 7) is 3.33. The van der Waals surface area contributed by atoms with Gasteiger partial charge < -0.3 is 15.0 Å². The number of rotatable bonds is 4. The molecule has 0 radical (unpaired) electrons. The molecule has 0 fully saturated rings. The molecule has 0 bridgehead atoms. The first-order chi connectivity index (χ1) is 12.9. The molecule has 0 aliphatic heterocycles. The molecule has 1 aromatic carbocycles. The Kier molecular flexibility index (Phi) is 4.81. The van der Waals surface area contributed by atoms with Gasteiger partial charge in [-0.2, -0.15) is 31.3 Å². The molecule has 0 saturated carbocycles. The van der Waals surface area contributed by atoms with E-state index in [1.54, 1.807) is 13.8 Å². The molecule has 12 heteroatoms. The topological polar surface area (TPSA) is 75.7 Å². The van der Waals surface area contributed by atoms with E-state index in [0.29, 0.717) is 0 Å². The lowest BCUT2D eigenvalue weighted by Crippen LogP contribution is -2.10. The average molecular weight is 405 g/mol. The molecule has 0 aliphatic rings. The first-order valence-corrected chi connectivity index (χ1v) is 7.89. The van der Waals surface area contributed by atoms with Crippen molar-refractivity contribution in [3.8, 4) is 5.88 Å². The van der Waals surface area contributed by atoms with E-state index in [0.717, 1.165) is 24.3 Å². The van der Waals surface area contributed by atoms with E-state index in [1.807, 2.05) is 4.98 Å². The fraction of sp³-hybridized carbons (Fsp3) is 0.312. The van der Waals surface area contributed by atoms with Crippen LogP contribution in [0.5, 0.6) is 5.88 Å². The summed E-state index contributed by atoms with van der Waals surface area (Å²) in [5, 5.41) is 2.70. The molecule has 2 N–H and O–H groups in total. The third-order valence-electron chi connectivity index (χ3n) is 3.39. The smallest absolute Gasteiger partial charge is 0.449 e. The van der Waals surface area contributed by atoms with Crippen molar-refractivity contribution >= 4 is 22.8 Å². The van der Waals surface area contributed by atoms with Crippen molar-refractivity contribution in [1.29, 1.82) is 0 Å². The molecule has 3 rings (SSSR count). The first kappa shape index (κ1) is 19.7. The number of aromatic nitrogens is 4. The van der Waals surface area contributed by atoms with Crippen molar-refractivity contribution in [2.24, 2.45) is 0 Å². The minimum atomic E-state index is -4.72. The summed E-state index contributed by atoms with van der Waals surface area (Å²) in [4.78, 5) is 13.3. The Hall–Kier alpha value is -3.05. The molecular formula is C16H13F6N5O. The SMILES string of the molecule is CC(C)Oc1nc2nc(C(F)(F)F)[nH]c2nc1Nc1ccc(C(F)(F)F)cc1. The maximum atomic E-state index is 12.8. The van der Waals surface area contributed by atoms with Crippen LogP contribution in [0.25, 0.3) is 11.3 Å². The number of halogens is 6. The Bertz CT molecular complexity index is 978. The highest BCUT2D eigenvalue weighted by Gasteiger charge is 2.35. The van der Waals surface area contributed by atoms with Crippen LogP contribution in [0.15, 0.2) is 24.3 Å². The summed E-state index contributed by atoms with van der Waals surface area (Å²) in [7, 11) is 0. The Morgan fingerprint density at radius 1 is 0.929 bits per heavy atom. The fourth-order valence-electron chi connectivity index (χ4n) is 2.22. The number of aromatic amines is 1. The molecule has 2 aromatic heterocycles. The maximum absolute atomic E-state index is 12.8.